The summed E-state index contributed by atoms with van der Waals surface area (Å²) in [5.41, 5.74) is -1.31. The third kappa shape index (κ3) is 7.03. The molecule has 0 atom stereocenters. The summed E-state index contributed by atoms with van der Waals surface area (Å²) in [6, 6.07) is 0. The Hall–Kier alpha value is -0.420. The largest absolute Gasteiger partial charge is 0.413 e. The van der Waals surface area contributed by atoms with Crippen LogP contribution in [-0.4, -0.2) is 34.1 Å². The zero-order valence-electron chi connectivity index (χ0n) is 8.57. The first kappa shape index (κ1) is 13.6. The molecule has 0 fully saturated rings. The van der Waals surface area contributed by atoms with E-state index in [2.05, 4.69) is 10.6 Å². The van der Waals surface area contributed by atoms with Gasteiger partial charge in [-0.3, -0.25) is 4.79 Å². The van der Waals surface area contributed by atoms with Crippen molar-refractivity contribution in [3.63, 3.8) is 0 Å². The van der Waals surface area contributed by atoms with Crippen LogP contribution in [0.3, 0.4) is 0 Å². The molecule has 0 aliphatic carbocycles. The van der Waals surface area contributed by atoms with Gasteiger partial charge in [0.05, 0.1) is 0 Å². The standard InChI is InChI=1S/C7H17N2O4P/c1-7(2,3)9-5-4-8-6(10)14(11,12)13/h9H,4-5H2,1-3H3,(H,8,10)(H2,11,12,13). The van der Waals surface area contributed by atoms with Crippen LogP contribution in [0.25, 0.3) is 0 Å². The van der Waals surface area contributed by atoms with Crippen LogP contribution in [0.1, 0.15) is 20.8 Å². The van der Waals surface area contributed by atoms with Crippen molar-refractivity contribution in [1.29, 1.82) is 0 Å². The third-order valence-corrected chi connectivity index (χ3v) is 2.01. The van der Waals surface area contributed by atoms with Gasteiger partial charge < -0.3 is 20.4 Å². The first-order valence-electron chi connectivity index (χ1n) is 4.22. The monoisotopic (exact) mass is 224 g/mol. The van der Waals surface area contributed by atoms with E-state index < -0.39 is 13.2 Å². The lowest BCUT2D eigenvalue weighted by molar-refractivity contribution is 0.248. The third-order valence-electron chi connectivity index (χ3n) is 1.32. The highest BCUT2D eigenvalue weighted by molar-refractivity contribution is 7.69. The molecule has 0 aliphatic heterocycles. The smallest absolute Gasteiger partial charge is 0.344 e. The molecule has 0 heterocycles. The van der Waals surface area contributed by atoms with Gasteiger partial charge in [0, 0.05) is 18.6 Å². The van der Waals surface area contributed by atoms with Crippen molar-refractivity contribution in [2.24, 2.45) is 0 Å². The second-order valence-electron chi connectivity index (χ2n) is 3.95. The summed E-state index contributed by atoms with van der Waals surface area (Å²) in [5.74, 6) is 0. The van der Waals surface area contributed by atoms with Crippen molar-refractivity contribution in [3.8, 4) is 0 Å². The van der Waals surface area contributed by atoms with Gasteiger partial charge in [0.2, 0.25) is 0 Å². The van der Waals surface area contributed by atoms with Crippen molar-refractivity contribution in [2.75, 3.05) is 13.1 Å². The second kappa shape index (κ2) is 4.89. The predicted octanol–water partition coefficient (Wildman–Crippen LogP) is 0.262. The number of amides is 1. The van der Waals surface area contributed by atoms with Crippen LogP contribution in [0.2, 0.25) is 0 Å². The van der Waals surface area contributed by atoms with Crippen LogP contribution in [0.15, 0.2) is 0 Å². The van der Waals surface area contributed by atoms with Crippen LogP contribution in [0.5, 0.6) is 0 Å². The van der Waals surface area contributed by atoms with E-state index in [1.54, 1.807) is 0 Å². The van der Waals surface area contributed by atoms with Crippen molar-refractivity contribution >= 4 is 13.2 Å². The van der Waals surface area contributed by atoms with Crippen LogP contribution in [0.4, 0.5) is 4.79 Å². The highest BCUT2D eigenvalue weighted by atomic mass is 31.2. The van der Waals surface area contributed by atoms with Gasteiger partial charge in [-0.2, -0.15) is 0 Å². The molecule has 0 saturated heterocycles. The molecule has 0 aromatic heterocycles. The molecular formula is C7H17N2O4P. The number of nitrogens with one attached hydrogen (secondary N) is 2. The minimum absolute atomic E-state index is 0.0765. The summed E-state index contributed by atoms with van der Waals surface area (Å²) in [7, 11) is -4.62. The molecule has 0 rings (SSSR count). The molecule has 0 spiro atoms. The van der Waals surface area contributed by atoms with Gasteiger partial charge >= 0.3 is 13.2 Å². The lowest BCUT2D eigenvalue weighted by atomic mass is 10.1. The van der Waals surface area contributed by atoms with Gasteiger partial charge in [-0.1, -0.05) is 0 Å². The van der Waals surface area contributed by atoms with Crippen LogP contribution in [0, 0.1) is 0 Å². The van der Waals surface area contributed by atoms with Gasteiger partial charge in [-0.15, -0.1) is 0 Å². The first-order valence-corrected chi connectivity index (χ1v) is 5.83. The van der Waals surface area contributed by atoms with E-state index in [1.165, 1.54) is 0 Å². The highest BCUT2D eigenvalue weighted by Crippen LogP contribution is 2.34. The SMILES string of the molecule is CC(C)(C)NCCNC(=O)P(=O)(O)O. The van der Waals surface area contributed by atoms with E-state index in [-0.39, 0.29) is 12.1 Å². The number of hydrogen-bond donors (Lipinski definition) is 4. The van der Waals surface area contributed by atoms with E-state index >= 15 is 0 Å². The Kier molecular flexibility index (Phi) is 4.74. The molecular weight excluding hydrogens is 207 g/mol. The van der Waals surface area contributed by atoms with Gasteiger partial charge in [0.15, 0.2) is 0 Å². The Morgan fingerprint density at radius 2 is 1.79 bits per heavy atom. The van der Waals surface area contributed by atoms with E-state index in [1.807, 2.05) is 20.8 Å². The molecule has 14 heavy (non-hydrogen) atoms. The summed E-state index contributed by atoms with van der Waals surface area (Å²) in [5, 5.41) is 5.19. The topological polar surface area (TPSA) is 98.7 Å². The lowest BCUT2D eigenvalue weighted by Gasteiger charge is -2.20. The van der Waals surface area contributed by atoms with E-state index in [9.17, 15) is 9.36 Å². The van der Waals surface area contributed by atoms with E-state index in [0.29, 0.717) is 6.54 Å². The molecule has 6 nitrogen and oxygen atoms in total. The van der Waals surface area contributed by atoms with E-state index in [4.69, 9.17) is 9.79 Å². The second-order valence-corrected chi connectivity index (χ2v) is 5.45. The summed E-state index contributed by atoms with van der Waals surface area (Å²) >= 11 is 0. The molecule has 0 saturated carbocycles. The summed E-state index contributed by atoms with van der Waals surface area (Å²) in [4.78, 5) is 27.5. The predicted molar refractivity (Wildman–Crippen MR) is 53.2 cm³/mol. The quantitative estimate of drug-likeness (QED) is 0.405. The van der Waals surface area contributed by atoms with Crippen molar-refractivity contribution in [3.05, 3.63) is 0 Å². The Balaban J connectivity index is 3.67. The van der Waals surface area contributed by atoms with Gasteiger partial charge in [-0.25, -0.2) is 4.57 Å². The normalized spacial score (nSPS) is 12.6. The summed E-state index contributed by atoms with van der Waals surface area (Å²) in [6.45, 7) is 6.53. The number of carbonyl (C=O) groups excluding carboxylic acids is 1. The fourth-order valence-electron chi connectivity index (χ4n) is 0.710. The molecule has 84 valence electrons. The van der Waals surface area contributed by atoms with Gasteiger partial charge in [0.25, 0.3) is 0 Å². The Morgan fingerprint density at radius 1 is 1.29 bits per heavy atom. The van der Waals surface area contributed by atoms with Crippen LogP contribution in [-0.2, 0) is 4.57 Å². The molecule has 1 amide bonds. The maximum atomic E-state index is 10.7. The molecule has 0 bridgehead atoms. The van der Waals surface area contributed by atoms with Crippen LogP contribution >= 0.6 is 7.60 Å². The molecule has 7 heteroatoms. The fourth-order valence-corrected chi connectivity index (χ4v) is 1.03. The lowest BCUT2D eigenvalue weighted by Crippen LogP contribution is -2.41. The molecule has 0 aliphatic rings. The average molecular weight is 224 g/mol. The number of rotatable bonds is 4. The Morgan fingerprint density at radius 3 is 2.14 bits per heavy atom. The summed E-state index contributed by atoms with van der Waals surface area (Å²) < 4.78 is 10.4. The minimum Gasteiger partial charge on any atom is -0.344 e. The fraction of sp³-hybridized carbons (Fsp3) is 0.857. The zero-order chi connectivity index (χ0) is 11.4. The first-order chi connectivity index (χ1) is 6.13. The number of carbonyl (C=O) groups is 1. The molecule has 4 N–H and O–H groups in total. The maximum absolute atomic E-state index is 10.7. The van der Waals surface area contributed by atoms with Crippen molar-refractivity contribution < 1.29 is 19.1 Å². The van der Waals surface area contributed by atoms with Gasteiger partial charge in [-0.05, 0) is 20.8 Å². The highest BCUT2D eigenvalue weighted by Gasteiger charge is 2.24. The summed E-state index contributed by atoms with van der Waals surface area (Å²) in [6.07, 6.45) is 0. The average Bonchev–Trinajstić information content (AvgIpc) is 1.93. The van der Waals surface area contributed by atoms with Gasteiger partial charge in [0.1, 0.15) is 0 Å². The Bertz CT molecular complexity index is 243. The van der Waals surface area contributed by atoms with Crippen molar-refractivity contribution in [1.82, 2.24) is 10.6 Å². The molecule has 0 aromatic carbocycles. The molecule has 0 aromatic rings. The van der Waals surface area contributed by atoms with Crippen LogP contribution < -0.4 is 10.6 Å². The van der Waals surface area contributed by atoms with Crippen molar-refractivity contribution in [2.45, 2.75) is 26.3 Å². The maximum Gasteiger partial charge on any atom is 0.413 e. The number of hydrogen-bond acceptors (Lipinski definition) is 3. The zero-order valence-corrected chi connectivity index (χ0v) is 9.47. The minimum atomic E-state index is -4.62. The Labute approximate surface area is 83.2 Å². The molecule has 0 radical (unpaired) electrons. The molecule has 0 unspecified atom stereocenters. The van der Waals surface area contributed by atoms with E-state index in [0.717, 1.165) is 0 Å².